The molecule has 0 saturated heterocycles. The van der Waals surface area contributed by atoms with E-state index in [9.17, 15) is 4.79 Å². The molecule has 2 atom stereocenters. The monoisotopic (exact) mass is 243 g/mol. The maximum absolute atomic E-state index is 10.8. The highest BCUT2D eigenvalue weighted by Crippen LogP contribution is 2.02. The summed E-state index contributed by atoms with van der Waals surface area (Å²) >= 11 is 5.36. The molecule has 0 heterocycles. The molecule has 7 nitrogen and oxygen atoms in total. The van der Waals surface area contributed by atoms with E-state index in [0.717, 1.165) is 0 Å². The van der Waals surface area contributed by atoms with Crippen molar-refractivity contribution in [2.75, 3.05) is 6.61 Å². The van der Waals surface area contributed by atoms with E-state index in [0.29, 0.717) is 0 Å². The van der Waals surface area contributed by atoms with E-state index >= 15 is 0 Å². The van der Waals surface area contributed by atoms with Crippen LogP contribution in [0.2, 0.25) is 0 Å². The maximum Gasteiger partial charge on any atom is 0.509 e. The molecule has 0 aliphatic carbocycles. The van der Waals surface area contributed by atoms with Gasteiger partial charge in [0.25, 0.3) is 0 Å². The fourth-order valence-electron chi connectivity index (χ4n) is 0.688. The van der Waals surface area contributed by atoms with Crippen LogP contribution < -0.4 is 0 Å². The van der Waals surface area contributed by atoms with Gasteiger partial charge >= 0.3 is 6.16 Å². The first-order valence-electron chi connectivity index (χ1n) is 4.24. The Morgan fingerprint density at radius 1 is 1.47 bits per heavy atom. The van der Waals surface area contributed by atoms with Crippen LogP contribution >= 0.6 is 11.6 Å². The van der Waals surface area contributed by atoms with Gasteiger partial charge < -0.3 is 9.47 Å². The van der Waals surface area contributed by atoms with Crippen molar-refractivity contribution in [3.05, 3.63) is 0 Å². The number of ether oxygens (including phenoxy) is 2. The lowest BCUT2D eigenvalue weighted by atomic mass is 10.3. The van der Waals surface area contributed by atoms with Gasteiger partial charge in [0.2, 0.25) is 0 Å². The van der Waals surface area contributed by atoms with Crippen molar-refractivity contribution in [1.29, 1.82) is 0 Å². The second kappa shape index (κ2) is 7.66. The van der Waals surface area contributed by atoms with Gasteiger partial charge in [-0.3, -0.25) is 10.4 Å². The lowest BCUT2D eigenvalue weighted by Gasteiger charge is -2.14. The lowest BCUT2D eigenvalue weighted by molar-refractivity contribution is -0.503. The minimum atomic E-state index is -0.880. The molecule has 0 fully saturated rings. The molecule has 0 aromatic carbocycles. The summed E-state index contributed by atoms with van der Waals surface area (Å²) in [5.41, 5.74) is -0.753. The predicted octanol–water partition coefficient (Wildman–Crippen LogP) is 1.51. The standard InChI is InChI=1S/C7H14ClNO6/c1-5(15-9(11)12)3-4-13-7(10)14-6(2)8/h5-6,11-12H,3-4H2,1-2H3/t5-,6?/m0/s1. The molecule has 90 valence electrons. The predicted molar refractivity (Wildman–Crippen MR) is 48.3 cm³/mol. The second-order valence-corrected chi connectivity index (χ2v) is 3.33. The molecular formula is C7H14ClNO6. The average molecular weight is 244 g/mol. The summed E-state index contributed by atoms with van der Waals surface area (Å²) in [5, 5.41) is 16.1. The zero-order chi connectivity index (χ0) is 11.8. The van der Waals surface area contributed by atoms with Crippen LogP contribution in [0.4, 0.5) is 4.79 Å². The quantitative estimate of drug-likeness (QED) is 0.415. The number of hydrogen-bond acceptors (Lipinski definition) is 7. The van der Waals surface area contributed by atoms with Crippen LogP contribution in [0.25, 0.3) is 0 Å². The van der Waals surface area contributed by atoms with Gasteiger partial charge in [0.15, 0.2) is 5.56 Å². The van der Waals surface area contributed by atoms with Crippen LogP contribution in [0.1, 0.15) is 20.3 Å². The highest BCUT2D eigenvalue weighted by molar-refractivity contribution is 6.19. The Labute approximate surface area is 91.9 Å². The molecule has 0 rings (SSSR count). The number of halogens is 1. The third-order valence-corrected chi connectivity index (χ3v) is 1.37. The maximum atomic E-state index is 10.8. The van der Waals surface area contributed by atoms with Crippen molar-refractivity contribution in [2.45, 2.75) is 31.9 Å². The fraction of sp³-hybridized carbons (Fsp3) is 0.857. The third-order valence-electron chi connectivity index (χ3n) is 1.28. The average Bonchev–Trinajstić information content (AvgIpc) is 2.00. The smallest absolute Gasteiger partial charge is 0.434 e. The molecule has 0 saturated carbocycles. The number of alkyl halides is 1. The van der Waals surface area contributed by atoms with E-state index in [4.69, 9.17) is 22.0 Å². The highest BCUT2D eigenvalue weighted by Gasteiger charge is 2.10. The van der Waals surface area contributed by atoms with Crippen LogP contribution in [-0.2, 0) is 14.3 Å². The zero-order valence-electron chi connectivity index (χ0n) is 8.42. The van der Waals surface area contributed by atoms with Crippen molar-refractivity contribution in [3.8, 4) is 0 Å². The van der Waals surface area contributed by atoms with Crippen LogP contribution in [0.5, 0.6) is 0 Å². The summed E-state index contributed by atoms with van der Waals surface area (Å²) in [6.07, 6.45) is -1.11. The molecule has 0 bridgehead atoms. The van der Waals surface area contributed by atoms with Crippen LogP contribution in [-0.4, -0.2) is 40.2 Å². The fourth-order valence-corrected chi connectivity index (χ4v) is 0.761. The number of nitrogens with zero attached hydrogens (tertiary/aromatic N) is 1. The number of rotatable bonds is 6. The summed E-state index contributed by atoms with van der Waals surface area (Å²) < 4.78 is 9.07. The van der Waals surface area contributed by atoms with Crippen LogP contribution in [0.3, 0.4) is 0 Å². The SMILES string of the molecule is CC(Cl)OC(=O)OCC[C@H](C)ON(O)O. The normalized spacial score (nSPS) is 14.8. The summed E-state index contributed by atoms with van der Waals surface area (Å²) in [6.45, 7) is 3.07. The first kappa shape index (κ1) is 14.4. The van der Waals surface area contributed by atoms with Gasteiger partial charge in [0, 0.05) is 6.42 Å². The molecule has 0 spiro atoms. The molecule has 0 aliphatic rings. The Morgan fingerprint density at radius 2 is 2.07 bits per heavy atom. The Kier molecular flexibility index (Phi) is 7.35. The molecule has 2 N–H and O–H groups in total. The Bertz CT molecular complexity index is 188. The molecule has 1 unspecified atom stereocenters. The minimum Gasteiger partial charge on any atom is -0.434 e. The van der Waals surface area contributed by atoms with Gasteiger partial charge in [-0.15, -0.1) is 0 Å². The van der Waals surface area contributed by atoms with E-state index in [1.54, 1.807) is 6.92 Å². The van der Waals surface area contributed by atoms with Crippen molar-refractivity contribution in [1.82, 2.24) is 5.39 Å². The van der Waals surface area contributed by atoms with Crippen LogP contribution in [0.15, 0.2) is 0 Å². The van der Waals surface area contributed by atoms with Crippen molar-refractivity contribution in [3.63, 3.8) is 0 Å². The Balaban J connectivity index is 3.48. The number of hydrogen-bond donors (Lipinski definition) is 2. The molecule has 0 aliphatic heterocycles. The molecule has 15 heavy (non-hydrogen) atoms. The topological polar surface area (TPSA) is 88.5 Å². The summed E-state index contributed by atoms with van der Waals surface area (Å²) in [5.74, 6) is 0. The van der Waals surface area contributed by atoms with Crippen molar-refractivity contribution >= 4 is 17.8 Å². The van der Waals surface area contributed by atoms with E-state index in [2.05, 4.69) is 14.3 Å². The molecule has 0 aromatic rings. The van der Waals surface area contributed by atoms with Crippen LogP contribution in [0, 0.1) is 0 Å². The molecular weight excluding hydrogens is 230 g/mol. The summed E-state index contributed by atoms with van der Waals surface area (Å²) in [6, 6.07) is 0. The van der Waals surface area contributed by atoms with Crippen molar-refractivity contribution in [2.24, 2.45) is 0 Å². The van der Waals surface area contributed by atoms with E-state index in [1.807, 2.05) is 0 Å². The summed E-state index contributed by atoms with van der Waals surface area (Å²) in [4.78, 5) is 15.2. The lowest BCUT2D eigenvalue weighted by Crippen LogP contribution is -2.23. The van der Waals surface area contributed by atoms with Gasteiger partial charge in [-0.25, -0.2) is 9.63 Å². The molecule has 0 amide bonds. The minimum absolute atomic E-state index is 0.0252. The summed E-state index contributed by atoms with van der Waals surface area (Å²) in [7, 11) is 0. The zero-order valence-corrected chi connectivity index (χ0v) is 9.18. The largest absolute Gasteiger partial charge is 0.509 e. The Hall–Kier alpha value is -0.600. The van der Waals surface area contributed by atoms with Gasteiger partial charge in [-0.2, -0.15) is 0 Å². The Morgan fingerprint density at radius 3 is 2.53 bits per heavy atom. The third kappa shape index (κ3) is 9.70. The van der Waals surface area contributed by atoms with Gasteiger partial charge in [-0.05, 0) is 13.8 Å². The van der Waals surface area contributed by atoms with E-state index < -0.39 is 23.2 Å². The first-order valence-corrected chi connectivity index (χ1v) is 4.67. The van der Waals surface area contributed by atoms with Gasteiger partial charge in [0.05, 0.1) is 18.1 Å². The number of carbonyl (C=O) groups is 1. The molecule has 0 radical (unpaired) electrons. The number of carbonyl (C=O) groups excluding carboxylic acids is 1. The molecule has 8 heteroatoms. The second-order valence-electron chi connectivity index (χ2n) is 2.72. The van der Waals surface area contributed by atoms with Gasteiger partial charge in [-0.1, -0.05) is 11.6 Å². The first-order chi connectivity index (χ1) is 6.91. The van der Waals surface area contributed by atoms with Crippen molar-refractivity contribution < 1.29 is 29.5 Å². The highest BCUT2D eigenvalue weighted by atomic mass is 35.5. The van der Waals surface area contributed by atoms with E-state index in [1.165, 1.54) is 6.92 Å². The van der Waals surface area contributed by atoms with E-state index in [-0.39, 0.29) is 13.0 Å². The van der Waals surface area contributed by atoms with Gasteiger partial charge in [0.1, 0.15) is 0 Å². The molecule has 0 aromatic heterocycles.